The number of methoxy groups -OCH3 is 1. The van der Waals surface area contributed by atoms with E-state index in [1.807, 2.05) is 58.9 Å². The molecule has 0 unspecified atom stereocenters. The summed E-state index contributed by atoms with van der Waals surface area (Å²) in [6.07, 6.45) is 9.06. The summed E-state index contributed by atoms with van der Waals surface area (Å²) in [5.41, 5.74) is 0.279. The van der Waals surface area contributed by atoms with E-state index in [9.17, 15) is 27.6 Å². The second kappa shape index (κ2) is 16.8. The first-order valence-electron chi connectivity index (χ1n) is 21.2. The Hall–Kier alpha value is -4.99. The van der Waals surface area contributed by atoms with Crippen LogP contribution in [0.1, 0.15) is 121 Å². The monoisotopic (exact) mass is 846 g/mol. The van der Waals surface area contributed by atoms with Gasteiger partial charge in [-0.1, -0.05) is 25.0 Å². The zero-order valence-corrected chi connectivity index (χ0v) is 36.5. The molecule has 1 aromatic carbocycles. The van der Waals surface area contributed by atoms with Crippen LogP contribution in [0.15, 0.2) is 42.6 Å². The van der Waals surface area contributed by atoms with Gasteiger partial charge in [-0.05, 0) is 104 Å². The quantitative estimate of drug-likeness (QED) is 0.224. The lowest BCUT2D eigenvalue weighted by atomic mass is 9.91. The van der Waals surface area contributed by atoms with Gasteiger partial charge in [-0.3, -0.25) is 28.6 Å². The van der Waals surface area contributed by atoms with Crippen molar-refractivity contribution in [2.24, 2.45) is 11.3 Å². The summed E-state index contributed by atoms with van der Waals surface area (Å²) >= 11 is 0. The summed E-state index contributed by atoms with van der Waals surface area (Å²) in [5.74, 6) is -0.935. The highest BCUT2D eigenvalue weighted by Gasteiger charge is 2.62. The van der Waals surface area contributed by atoms with E-state index in [-0.39, 0.29) is 48.9 Å². The minimum atomic E-state index is -3.97. The van der Waals surface area contributed by atoms with Crippen molar-refractivity contribution in [2.45, 2.75) is 141 Å². The van der Waals surface area contributed by atoms with Gasteiger partial charge in [0, 0.05) is 42.1 Å². The van der Waals surface area contributed by atoms with Gasteiger partial charge in [0.05, 0.1) is 41.5 Å². The standard InChI is InChI=1S/C44H58N6O9S/c1-26(2)50-20-17-32(47-50)40(52)45-33-14-12-10-8-9-11-13-29-23-44(29,42(54)48-60(55,56)43(6)18-19-43)24-35(51)34-21-30(25-49(34)41(33)53)59-37-22-38(58-27(3)4)46-39-28(5)36(57-7)16-15-31(37)39/h11,13,15-17,20,22,26-27,29-30,33-34H,8-10,12,14,18-19,21,23-25H2,1-7H3,(H,45,52)(H,48,54)/b13-11-/t29-,30-,33+,34+,44-/m1/s1. The average Bonchev–Trinajstić information content (AvgIpc) is 3.96. The molecule has 0 bridgehead atoms. The van der Waals surface area contributed by atoms with Gasteiger partial charge >= 0.3 is 0 Å². The molecule has 2 saturated carbocycles. The van der Waals surface area contributed by atoms with Crippen molar-refractivity contribution in [1.82, 2.24) is 29.7 Å². The van der Waals surface area contributed by atoms with Crippen LogP contribution in [0, 0.1) is 18.3 Å². The van der Waals surface area contributed by atoms with E-state index in [2.05, 4.69) is 15.1 Å². The van der Waals surface area contributed by atoms with Gasteiger partial charge in [0.25, 0.3) is 5.91 Å². The number of nitrogens with one attached hydrogen (secondary N) is 2. The maximum atomic E-state index is 14.9. The summed E-state index contributed by atoms with van der Waals surface area (Å²) < 4.78 is 47.9. The van der Waals surface area contributed by atoms with Gasteiger partial charge in [0.15, 0.2) is 5.78 Å². The molecule has 2 N–H and O–H groups in total. The Bertz CT molecular complexity index is 2300. The number of allylic oxidation sites excluding steroid dienone is 2. The number of fused-ring (bicyclic) bond motifs is 3. The molecule has 16 heteroatoms. The van der Waals surface area contributed by atoms with E-state index < -0.39 is 56.1 Å². The van der Waals surface area contributed by atoms with Crippen LogP contribution in [0.4, 0.5) is 0 Å². The van der Waals surface area contributed by atoms with Gasteiger partial charge < -0.3 is 24.4 Å². The molecule has 0 spiro atoms. The number of hydrogen-bond donors (Lipinski definition) is 2. The number of amides is 3. The number of carbonyl (C=O) groups is 4. The molecule has 4 heterocycles. The number of ether oxygens (including phenoxy) is 3. The van der Waals surface area contributed by atoms with Crippen molar-refractivity contribution in [2.75, 3.05) is 13.7 Å². The Kier molecular flexibility index (Phi) is 12.1. The number of ketones is 1. The molecule has 3 aromatic rings. The van der Waals surface area contributed by atoms with Crippen LogP contribution in [0.3, 0.4) is 0 Å². The molecule has 0 radical (unpaired) electrons. The fourth-order valence-corrected chi connectivity index (χ4v) is 9.76. The average molecular weight is 847 g/mol. The minimum absolute atomic E-state index is 0.0121. The highest BCUT2D eigenvalue weighted by molar-refractivity contribution is 7.91. The van der Waals surface area contributed by atoms with Gasteiger partial charge in [-0.25, -0.2) is 13.4 Å². The number of nitrogens with zero attached hydrogens (tertiary/aromatic N) is 4. The molecule has 60 heavy (non-hydrogen) atoms. The van der Waals surface area contributed by atoms with Gasteiger partial charge in [-0.2, -0.15) is 5.10 Å². The van der Waals surface area contributed by atoms with Crippen molar-refractivity contribution in [3.05, 3.63) is 53.9 Å². The van der Waals surface area contributed by atoms with Crippen molar-refractivity contribution in [3.8, 4) is 17.4 Å². The second-order valence-corrected chi connectivity index (χ2v) is 20.0. The molecule has 3 amide bonds. The van der Waals surface area contributed by atoms with Crippen LogP contribution in [-0.2, 0) is 24.4 Å². The maximum absolute atomic E-state index is 14.9. The zero-order chi connectivity index (χ0) is 43.1. The molecular formula is C44H58N6O9S. The second-order valence-electron chi connectivity index (χ2n) is 17.8. The highest BCUT2D eigenvalue weighted by atomic mass is 32.2. The van der Waals surface area contributed by atoms with E-state index in [4.69, 9.17) is 19.2 Å². The van der Waals surface area contributed by atoms with Crippen LogP contribution >= 0.6 is 0 Å². The molecule has 324 valence electrons. The number of rotatable bonds is 11. The van der Waals surface area contributed by atoms with Crippen LogP contribution < -0.4 is 24.2 Å². The third-order valence-corrected chi connectivity index (χ3v) is 14.7. The minimum Gasteiger partial charge on any atom is -0.496 e. The number of Topliss-reactive ketones (excluding diaryl/α,β-unsaturated/α-hetero) is 1. The van der Waals surface area contributed by atoms with Crippen molar-refractivity contribution in [1.29, 1.82) is 0 Å². The molecule has 7 rings (SSSR count). The molecule has 2 aliphatic carbocycles. The van der Waals surface area contributed by atoms with E-state index in [1.54, 1.807) is 37.0 Å². The fraction of sp³-hybridized carbons (Fsp3) is 0.591. The molecule has 2 aliphatic heterocycles. The molecular weight excluding hydrogens is 789 g/mol. The van der Waals surface area contributed by atoms with E-state index in [0.29, 0.717) is 66.8 Å². The summed E-state index contributed by atoms with van der Waals surface area (Å²) in [5, 5.41) is 8.04. The van der Waals surface area contributed by atoms with Gasteiger partial charge in [0.1, 0.15) is 29.3 Å². The number of sulfonamides is 1. The topological polar surface area (TPSA) is 188 Å². The Labute approximate surface area is 352 Å². The SMILES string of the molecule is COc1ccc2c(O[C@@H]3C[C@H]4C(=O)C[C@]5(C(=O)NS(=O)(=O)C6(C)CC6)C[C@H]5/C=C\CCCCC[C@H](NC(=O)c5ccn(C(C)C)n5)C(=O)N4C3)cc(OC(C)C)nc2c1C. The molecule has 2 aromatic heterocycles. The van der Waals surface area contributed by atoms with Crippen LogP contribution in [0.25, 0.3) is 10.9 Å². The summed E-state index contributed by atoms with van der Waals surface area (Å²) in [4.78, 5) is 63.6. The third-order valence-electron chi connectivity index (χ3n) is 12.5. The number of benzene rings is 1. The lowest BCUT2D eigenvalue weighted by Gasteiger charge is -2.29. The smallest absolute Gasteiger partial charge is 0.272 e. The number of pyridine rings is 1. The molecule has 15 nitrogen and oxygen atoms in total. The lowest BCUT2D eigenvalue weighted by Crippen LogP contribution is -2.52. The Morgan fingerprint density at radius 3 is 2.48 bits per heavy atom. The number of aryl methyl sites for hydroxylation is 1. The summed E-state index contributed by atoms with van der Waals surface area (Å²) in [6, 6.07) is 5.01. The Morgan fingerprint density at radius 2 is 1.80 bits per heavy atom. The van der Waals surface area contributed by atoms with E-state index >= 15 is 0 Å². The predicted molar refractivity (Wildman–Crippen MR) is 224 cm³/mol. The summed E-state index contributed by atoms with van der Waals surface area (Å²) in [6.45, 7) is 11.2. The van der Waals surface area contributed by atoms with Crippen molar-refractivity contribution < 1.29 is 41.8 Å². The largest absolute Gasteiger partial charge is 0.496 e. The first-order valence-corrected chi connectivity index (χ1v) is 22.7. The van der Waals surface area contributed by atoms with Crippen molar-refractivity contribution >= 4 is 44.4 Å². The van der Waals surface area contributed by atoms with E-state index in [1.165, 1.54) is 4.90 Å². The predicted octanol–water partition coefficient (Wildman–Crippen LogP) is 5.75. The molecule has 1 saturated heterocycles. The number of carbonyl (C=O) groups excluding carboxylic acids is 4. The third kappa shape index (κ3) is 8.75. The van der Waals surface area contributed by atoms with Crippen LogP contribution in [-0.4, -0.2) is 94.3 Å². The summed E-state index contributed by atoms with van der Waals surface area (Å²) in [7, 11) is -2.39. The highest BCUT2D eigenvalue weighted by Crippen LogP contribution is 2.57. The maximum Gasteiger partial charge on any atom is 0.272 e. The number of aromatic nitrogens is 3. The van der Waals surface area contributed by atoms with Crippen LogP contribution in [0.5, 0.6) is 17.4 Å². The Balaban J connectivity index is 1.23. The Morgan fingerprint density at radius 1 is 1.03 bits per heavy atom. The molecule has 5 atom stereocenters. The lowest BCUT2D eigenvalue weighted by molar-refractivity contribution is -0.140. The van der Waals surface area contributed by atoms with Gasteiger partial charge in [0.2, 0.25) is 27.7 Å². The number of hydrogen-bond acceptors (Lipinski definition) is 11. The fourth-order valence-electron chi connectivity index (χ4n) is 8.42. The zero-order valence-electron chi connectivity index (χ0n) is 35.7. The first kappa shape index (κ1) is 43.1. The van der Waals surface area contributed by atoms with E-state index in [0.717, 1.165) is 18.4 Å². The van der Waals surface area contributed by atoms with Crippen molar-refractivity contribution in [3.63, 3.8) is 0 Å². The van der Waals surface area contributed by atoms with Gasteiger partial charge in [-0.15, -0.1) is 0 Å². The first-order chi connectivity index (χ1) is 28.4. The normalized spacial score (nSPS) is 26.1. The molecule has 4 aliphatic rings. The molecule has 3 fully saturated rings. The van der Waals surface area contributed by atoms with Crippen LogP contribution in [0.2, 0.25) is 0 Å².